The van der Waals surface area contributed by atoms with Crippen LogP contribution in [0.3, 0.4) is 0 Å². The lowest BCUT2D eigenvalue weighted by atomic mass is 10.2. The van der Waals surface area contributed by atoms with Crippen LogP contribution in [0.1, 0.15) is 24.3 Å². The van der Waals surface area contributed by atoms with E-state index in [2.05, 4.69) is 20.6 Å². The molecule has 0 fully saturated rings. The maximum absolute atomic E-state index is 12.5. The summed E-state index contributed by atoms with van der Waals surface area (Å²) < 4.78 is 5.61. The maximum Gasteiger partial charge on any atom is 0.274 e. The zero-order valence-corrected chi connectivity index (χ0v) is 16.8. The Labute approximate surface area is 175 Å². The van der Waals surface area contributed by atoms with Crippen LogP contribution < -0.4 is 15.4 Å². The average Bonchev–Trinajstić information content (AvgIpc) is 2.75. The van der Waals surface area contributed by atoms with Gasteiger partial charge in [-0.05, 0) is 62.4 Å². The third-order valence-electron chi connectivity index (χ3n) is 4.39. The molecule has 0 bridgehead atoms. The van der Waals surface area contributed by atoms with Gasteiger partial charge in [0.2, 0.25) is 0 Å². The van der Waals surface area contributed by atoms with Gasteiger partial charge in [0.25, 0.3) is 5.91 Å². The van der Waals surface area contributed by atoms with Crippen molar-refractivity contribution in [1.29, 1.82) is 0 Å². The smallest absolute Gasteiger partial charge is 0.274 e. The molecule has 2 aromatic carbocycles. The summed E-state index contributed by atoms with van der Waals surface area (Å²) in [6.07, 6.45) is 3.50. The van der Waals surface area contributed by atoms with Crippen LogP contribution in [-0.2, 0) is 0 Å². The Morgan fingerprint density at radius 3 is 2.40 bits per heavy atom. The molecule has 0 saturated carbocycles. The summed E-state index contributed by atoms with van der Waals surface area (Å²) in [5, 5.41) is 7.21. The van der Waals surface area contributed by atoms with Crippen LogP contribution in [0.25, 0.3) is 10.9 Å². The number of pyridine rings is 2. The number of nitrogens with zero attached hydrogens (tertiary/aromatic N) is 2. The van der Waals surface area contributed by atoms with Gasteiger partial charge < -0.3 is 15.4 Å². The molecule has 2 heterocycles. The molecule has 150 valence electrons. The third-order valence-corrected chi connectivity index (χ3v) is 4.39. The minimum atomic E-state index is -0.272. The lowest BCUT2D eigenvalue weighted by Gasteiger charge is -2.11. The highest BCUT2D eigenvalue weighted by Crippen LogP contribution is 2.24. The van der Waals surface area contributed by atoms with Gasteiger partial charge in [0.05, 0.1) is 29.2 Å². The van der Waals surface area contributed by atoms with Gasteiger partial charge >= 0.3 is 0 Å². The van der Waals surface area contributed by atoms with Crippen molar-refractivity contribution in [3.63, 3.8) is 0 Å². The highest BCUT2D eigenvalue weighted by atomic mass is 16.5. The van der Waals surface area contributed by atoms with Crippen molar-refractivity contribution in [1.82, 2.24) is 9.97 Å². The van der Waals surface area contributed by atoms with Crippen LogP contribution in [0, 0.1) is 0 Å². The van der Waals surface area contributed by atoms with Gasteiger partial charge in [0.1, 0.15) is 11.4 Å². The number of carbonyl (C=O) groups is 1. The number of amides is 1. The molecule has 0 aliphatic rings. The van der Waals surface area contributed by atoms with Gasteiger partial charge in [-0.2, -0.15) is 0 Å². The molecule has 1 amide bonds. The van der Waals surface area contributed by atoms with E-state index < -0.39 is 0 Å². The first-order chi connectivity index (χ1) is 14.6. The van der Waals surface area contributed by atoms with Crippen molar-refractivity contribution >= 4 is 33.9 Å². The summed E-state index contributed by atoms with van der Waals surface area (Å²) in [7, 11) is 0. The van der Waals surface area contributed by atoms with E-state index >= 15 is 0 Å². The topological polar surface area (TPSA) is 76.1 Å². The van der Waals surface area contributed by atoms with E-state index in [0.717, 1.165) is 28.0 Å². The highest BCUT2D eigenvalue weighted by Gasteiger charge is 2.09. The predicted molar refractivity (Wildman–Crippen MR) is 119 cm³/mol. The Hall–Kier alpha value is -3.93. The van der Waals surface area contributed by atoms with Gasteiger partial charge in [-0.25, -0.2) is 4.98 Å². The molecular weight excluding hydrogens is 376 g/mol. The highest BCUT2D eigenvalue weighted by molar-refractivity contribution is 6.03. The number of hydrogen-bond acceptors (Lipinski definition) is 5. The van der Waals surface area contributed by atoms with Gasteiger partial charge in [0.15, 0.2) is 0 Å². The van der Waals surface area contributed by atoms with Crippen LogP contribution in [0.15, 0.2) is 79.1 Å². The van der Waals surface area contributed by atoms with Crippen LogP contribution in [-0.4, -0.2) is 22.0 Å². The summed E-state index contributed by atoms with van der Waals surface area (Å²) in [6, 6.07) is 20.6. The number of aromatic nitrogens is 2. The second-order valence-corrected chi connectivity index (χ2v) is 7.08. The first-order valence-corrected chi connectivity index (χ1v) is 9.73. The van der Waals surface area contributed by atoms with E-state index in [-0.39, 0.29) is 12.0 Å². The van der Waals surface area contributed by atoms with E-state index in [0.29, 0.717) is 11.4 Å². The Kier molecular flexibility index (Phi) is 5.57. The van der Waals surface area contributed by atoms with Crippen LogP contribution in [0.2, 0.25) is 0 Å². The quantitative estimate of drug-likeness (QED) is 0.454. The number of anilines is 3. The van der Waals surface area contributed by atoms with Crippen LogP contribution in [0.4, 0.5) is 17.1 Å². The summed E-state index contributed by atoms with van der Waals surface area (Å²) in [6.45, 7) is 3.94. The molecule has 0 spiro atoms. The normalized spacial score (nSPS) is 10.8. The molecule has 0 aliphatic heterocycles. The van der Waals surface area contributed by atoms with E-state index in [1.165, 1.54) is 0 Å². The molecule has 0 saturated heterocycles. The lowest BCUT2D eigenvalue weighted by molar-refractivity contribution is 0.102. The molecular formula is C24H22N4O2. The van der Waals surface area contributed by atoms with Crippen molar-refractivity contribution < 1.29 is 9.53 Å². The average molecular weight is 398 g/mol. The third kappa shape index (κ3) is 4.55. The molecule has 6 nitrogen and oxygen atoms in total. The first-order valence-electron chi connectivity index (χ1n) is 9.73. The summed E-state index contributed by atoms with van der Waals surface area (Å²) in [5.74, 6) is 0.491. The number of rotatable bonds is 6. The molecule has 6 heteroatoms. The number of para-hydroxylation sites is 1. The fourth-order valence-electron chi connectivity index (χ4n) is 3.05. The fraction of sp³-hybridized carbons (Fsp3) is 0.125. The number of carbonyl (C=O) groups excluding carboxylic acids is 1. The van der Waals surface area contributed by atoms with Crippen molar-refractivity contribution in [2.24, 2.45) is 0 Å². The van der Waals surface area contributed by atoms with E-state index in [4.69, 9.17) is 4.74 Å². The van der Waals surface area contributed by atoms with Crippen molar-refractivity contribution in [2.45, 2.75) is 20.0 Å². The SMILES string of the molecule is CC(C)Oc1ccc(NC(=O)c2ccc(Nc3cccc4cccnc34)cn2)cc1. The number of fused-ring (bicyclic) bond motifs is 1. The molecule has 4 aromatic rings. The molecule has 0 unspecified atom stereocenters. The standard InChI is InChI=1S/C24H22N4O2/c1-16(2)30-20-11-8-18(9-12-20)28-24(29)22-13-10-19(15-26-22)27-21-7-3-5-17-6-4-14-25-23(17)21/h3-16,27H,1-2H3,(H,28,29). The van der Waals surface area contributed by atoms with Crippen molar-refractivity contribution in [3.8, 4) is 5.75 Å². The lowest BCUT2D eigenvalue weighted by Crippen LogP contribution is -2.13. The van der Waals surface area contributed by atoms with Crippen molar-refractivity contribution in [2.75, 3.05) is 10.6 Å². The Morgan fingerprint density at radius 2 is 1.67 bits per heavy atom. The first kappa shape index (κ1) is 19.4. The molecule has 0 aliphatic carbocycles. The van der Waals surface area contributed by atoms with Gasteiger partial charge in [-0.15, -0.1) is 0 Å². The zero-order valence-electron chi connectivity index (χ0n) is 16.8. The summed E-state index contributed by atoms with van der Waals surface area (Å²) in [4.78, 5) is 21.2. The summed E-state index contributed by atoms with van der Waals surface area (Å²) >= 11 is 0. The Morgan fingerprint density at radius 1 is 0.900 bits per heavy atom. The zero-order chi connectivity index (χ0) is 20.9. The maximum atomic E-state index is 12.5. The minimum Gasteiger partial charge on any atom is -0.491 e. The van der Waals surface area contributed by atoms with Crippen LogP contribution in [0.5, 0.6) is 5.75 Å². The second kappa shape index (κ2) is 8.61. The molecule has 2 aromatic heterocycles. The number of ether oxygens (including phenoxy) is 1. The van der Waals surface area contributed by atoms with Gasteiger partial charge in [0, 0.05) is 17.3 Å². The molecule has 4 rings (SSSR count). The largest absolute Gasteiger partial charge is 0.491 e. The number of benzene rings is 2. The van der Waals surface area contributed by atoms with E-state index in [1.54, 1.807) is 30.6 Å². The number of hydrogen-bond donors (Lipinski definition) is 2. The second-order valence-electron chi connectivity index (χ2n) is 7.08. The Bertz CT molecular complexity index is 1150. The fourth-order valence-corrected chi connectivity index (χ4v) is 3.05. The van der Waals surface area contributed by atoms with Crippen LogP contribution >= 0.6 is 0 Å². The predicted octanol–water partition coefficient (Wildman–Crippen LogP) is 5.41. The van der Waals surface area contributed by atoms with Gasteiger partial charge in [-0.1, -0.05) is 18.2 Å². The van der Waals surface area contributed by atoms with E-state index in [9.17, 15) is 4.79 Å². The van der Waals surface area contributed by atoms with Crippen molar-refractivity contribution in [3.05, 3.63) is 84.8 Å². The van der Waals surface area contributed by atoms with E-state index in [1.807, 2.05) is 62.4 Å². The monoisotopic (exact) mass is 398 g/mol. The summed E-state index contributed by atoms with van der Waals surface area (Å²) in [5.41, 5.74) is 3.56. The molecule has 30 heavy (non-hydrogen) atoms. The minimum absolute atomic E-state index is 0.103. The molecule has 0 atom stereocenters. The molecule has 2 N–H and O–H groups in total. The van der Waals surface area contributed by atoms with Gasteiger partial charge in [-0.3, -0.25) is 9.78 Å². The Balaban J connectivity index is 1.43. The molecule has 0 radical (unpaired) electrons. The number of nitrogens with one attached hydrogen (secondary N) is 2.